The zero-order chi connectivity index (χ0) is 18.7. The maximum Gasteiger partial charge on any atom is 0.258 e. The van der Waals surface area contributed by atoms with Crippen molar-refractivity contribution >= 4 is 46.4 Å². The number of aryl methyl sites for hydroxylation is 2. The van der Waals surface area contributed by atoms with Crippen molar-refractivity contribution < 1.29 is 4.79 Å². The summed E-state index contributed by atoms with van der Waals surface area (Å²) in [6, 6.07) is 10.8. The number of nitrogens with zero attached hydrogens (tertiary/aromatic N) is 2. The third-order valence-electron chi connectivity index (χ3n) is 3.86. The largest absolute Gasteiger partial charge is 0.324 e. The van der Waals surface area contributed by atoms with Crippen molar-refractivity contribution in [1.82, 2.24) is 9.97 Å². The second-order valence-electron chi connectivity index (χ2n) is 5.80. The Labute approximate surface area is 161 Å². The number of amides is 1. The zero-order valence-electron chi connectivity index (χ0n) is 14.2. The molecule has 0 spiro atoms. The van der Waals surface area contributed by atoms with Crippen LogP contribution in [0.2, 0.25) is 10.0 Å². The van der Waals surface area contributed by atoms with Gasteiger partial charge in [0.15, 0.2) is 0 Å². The first-order valence-corrected chi connectivity index (χ1v) is 8.61. The molecular formula is C19H16Cl2N4O. The van der Waals surface area contributed by atoms with Gasteiger partial charge in [-0.3, -0.25) is 4.79 Å². The topological polar surface area (TPSA) is 66.9 Å². The molecule has 0 fully saturated rings. The monoisotopic (exact) mass is 386 g/mol. The number of carbonyl (C=O) groups is 1. The van der Waals surface area contributed by atoms with Gasteiger partial charge in [-0.15, -0.1) is 0 Å². The van der Waals surface area contributed by atoms with E-state index in [2.05, 4.69) is 27.5 Å². The summed E-state index contributed by atoms with van der Waals surface area (Å²) in [5.74, 6) is 0.0567. The molecule has 132 valence electrons. The van der Waals surface area contributed by atoms with Gasteiger partial charge in [-0.05, 0) is 55.3 Å². The number of benzene rings is 2. The Morgan fingerprint density at radius 2 is 1.69 bits per heavy atom. The minimum absolute atomic E-state index is 0.321. The maximum atomic E-state index is 12.3. The molecule has 0 aliphatic heterocycles. The highest BCUT2D eigenvalue weighted by molar-refractivity contribution is 6.36. The van der Waals surface area contributed by atoms with E-state index < -0.39 is 0 Å². The van der Waals surface area contributed by atoms with E-state index in [4.69, 9.17) is 23.2 Å². The Morgan fingerprint density at radius 3 is 2.35 bits per heavy atom. The summed E-state index contributed by atoms with van der Waals surface area (Å²) in [6.07, 6.45) is 2.91. The summed E-state index contributed by atoms with van der Waals surface area (Å²) in [5, 5.41) is 6.68. The number of halogens is 2. The second-order valence-corrected chi connectivity index (χ2v) is 6.64. The van der Waals surface area contributed by atoms with E-state index in [0.29, 0.717) is 27.2 Å². The summed E-state index contributed by atoms with van der Waals surface area (Å²) in [6.45, 7) is 4.09. The van der Waals surface area contributed by atoms with E-state index in [1.54, 1.807) is 18.2 Å². The van der Waals surface area contributed by atoms with Crippen molar-refractivity contribution in [3.05, 3.63) is 75.5 Å². The van der Waals surface area contributed by atoms with E-state index in [1.807, 2.05) is 25.1 Å². The van der Waals surface area contributed by atoms with Crippen LogP contribution < -0.4 is 10.6 Å². The number of hydrogen-bond donors (Lipinski definition) is 2. The fourth-order valence-electron chi connectivity index (χ4n) is 2.24. The summed E-state index contributed by atoms with van der Waals surface area (Å²) in [7, 11) is 0. The van der Waals surface area contributed by atoms with Gasteiger partial charge in [0.1, 0.15) is 0 Å². The average Bonchev–Trinajstić information content (AvgIpc) is 2.61. The molecule has 0 aliphatic carbocycles. The number of anilines is 3. The first-order chi connectivity index (χ1) is 12.4. The maximum absolute atomic E-state index is 12.3. The van der Waals surface area contributed by atoms with Crippen LogP contribution in [0.25, 0.3) is 0 Å². The minimum Gasteiger partial charge on any atom is -0.324 e. The van der Waals surface area contributed by atoms with E-state index in [1.165, 1.54) is 23.5 Å². The lowest BCUT2D eigenvalue weighted by Gasteiger charge is -2.09. The Hall–Kier alpha value is -2.63. The van der Waals surface area contributed by atoms with Crippen molar-refractivity contribution in [3.63, 3.8) is 0 Å². The predicted molar refractivity (Wildman–Crippen MR) is 106 cm³/mol. The fraction of sp³-hybridized carbons (Fsp3) is 0.105. The summed E-state index contributed by atoms with van der Waals surface area (Å²) in [4.78, 5) is 20.7. The van der Waals surface area contributed by atoms with Gasteiger partial charge in [0.25, 0.3) is 5.91 Å². The Kier molecular flexibility index (Phi) is 5.40. The third-order valence-corrected chi connectivity index (χ3v) is 4.40. The molecule has 26 heavy (non-hydrogen) atoms. The van der Waals surface area contributed by atoms with Crippen LogP contribution in [0.4, 0.5) is 17.3 Å². The van der Waals surface area contributed by atoms with Gasteiger partial charge in [-0.1, -0.05) is 29.3 Å². The van der Waals surface area contributed by atoms with Crippen LogP contribution in [-0.2, 0) is 0 Å². The molecule has 1 aromatic heterocycles. The SMILES string of the molecule is Cc1ccc(Nc2ncc(C(=O)Nc3ccc(Cl)cc3Cl)cn2)cc1C. The average molecular weight is 387 g/mol. The number of carbonyl (C=O) groups excluding carboxylic acids is 1. The van der Waals surface area contributed by atoms with E-state index in [0.717, 1.165) is 5.69 Å². The van der Waals surface area contributed by atoms with Gasteiger partial charge in [0, 0.05) is 23.1 Å². The number of aromatic nitrogens is 2. The number of nitrogens with one attached hydrogen (secondary N) is 2. The smallest absolute Gasteiger partial charge is 0.258 e. The lowest BCUT2D eigenvalue weighted by atomic mass is 10.1. The van der Waals surface area contributed by atoms with E-state index in [-0.39, 0.29) is 5.91 Å². The Morgan fingerprint density at radius 1 is 0.962 bits per heavy atom. The zero-order valence-corrected chi connectivity index (χ0v) is 15.7. The predicted octanol–water partition coefficient (Wildman–Crippen LogP) is 5.40. The first-order valence-electron chi connectivity index (χ1n) is 7.85. The molecule has 0 saturated heterocycles. The molecule has 5 nitrogen and oxygen atoms in total. The van der Waals surface area contributed by atoms with Gasteiger partial charge in [-0.2, -0.15) is 0 Å². The lowest BCUT2D eigenvalue weighted by molar-refractivity contribution is 0.102. The third kappa shape index (κ3) is 4.31. The van der Waals surface area contributed by atoms with E-state index in [9.17, 15) is 4.79 Å². The van der Waals surface area contributed by atoms with Crippen LogP contribution in [0.3, 0.4) is 0 Å². The molecule has 3 rings (SSSR count). The highest BCUT2D eigenvalue weighted by atomic mass is 35.5. The van der Waals surface area contributed by atoms with E-state index >= 15 is 0 Å². The molecule has 1 amide bonds. The quantitative estimate of drug-likeness (QED) is 0.629. The van der Waals surface area contributed by atoms with Crippen LogP contribution in [0.1, 0.15) is 21.5 Å². The molecule has 3 aromatic rings. The van der Waals surface area contributed by atoms with Crippen molar-refractivity contribution in [3.8, 4) is 0 Å². The minimum atomic E-state index is -0.355. The molecule has 2 N–H and O–H groups in total. The molecule has 0 saturated carbocycles. The molecule has 0 atom stereocenters. The van der Waals surface area contributed by atoms with Crippen molar-refractivity contribution in [2.75, 3.05) is 10.6 Å². The van der Waals surface area contributed by atoms with Crippen LogP contribution in [0.5, 0.6) is 0 Å². The first kappa shape index (κ1) is 18.2. The lowest BCUT2D eigenvalue weighted by Crippen LogP contribution is -2.13. The molecule has 2 aromatic carbocycles. The molecule has 0 aliphatic rings. The van der Waals surface area contributed by atoms with Crippen LogP contribution in [0.15, 0.2) is 48.8 Å². The Balaban J connectivity index is 1.70. The molecule has 0 radical (unpaired) electrons. The summed E-state index contributed by atoms with van der Waals surface area (Å²) >= 11 is 11.9. The Bertz CT molecular complexity index is 958. The van der Waals surface area contributed by atoms with Gasteiger partial charge in [-0.25, -0.2) is 9.97 Å². The summed E-state index contributed by atoms with van der Waals surface area (Å²) < 4.78 is 0. The number of hydrogen-bond acceptors (Lipinski definition) is 4. The molecule has 1 heterocycles. The molecule has 0 unspecified atom stereocenters. The molecule has 7 heteroatoms. The molecular weight excluding hydrogens is 371 g/mol. The normalized spacial score (nSPS) is 10.5. The van der Waals surface area contributed by atoms with Crippen molar-refractivity contribution in [2.24, 2.45) is 0 Å². The highest BCUT2D eigenvalue weighted by Gasteiger charge is 2.10. The van der Waals surface area contributed by atoms with Crippen molar-refractivity contribution in [1.29, 1.82) is 0 Å². The standard InChI is InChI=1S/C19H16Cl2N4O/c1-11-3-5-15(7-12(11)2)24-19-22-9-13(10-23-19)18(26)25-17-6-4-14(20)8-16(17)21/h3-10H,1-2H3,(H,25,26)(H,22,23,24). The molecule has 0 bridgehead atoms. The van der Waals surface area contributed by atoms with Crippen LogP contribution >= 0.6 is 23.2 Å². The van der Waals surface area contributed by atoms with Crippen LogP contribution in [-0.4, -0.2) is 15.9 Å². The fourth-order valence-corrected chi connectivity index (χ4v) is 2.70. The number of rotatable bonds is 4. The van der Waals surface area contributed by atoms with Gasteiger partial charge in [0.2, 0.25) is 5.95 Å². The highest BCUT2D eigenvalue weighted by Crippen LogP contribution is 2.25. The second kappa shape index (κ2) is 7.72. The van der Waals surface area contributed by atoms with Gasteiger partial charge in [0.05, 0.1) is 16.3 Å². The van der Waals surface area contributed by atoms with Crippen molar-refractivity contribution in [2.45, 2.75) is 13.8 Å². The van der Waals surface area contributed by atoms with Gasteiger partial charge >= 0.3 is 0 Å². The van der Waals surface area contributed by atoms with Crippen LogP contribution in [0, 0.1) is 13.8 Å². The summed E-state index contributed by atoms with van der Waals surface area (Å²) in [5.41, 5.74) is 4.06. The van der Waals surface area contributed by atoms with Gasteiger partial charge < -0.3 is 10.6 Å².